The van der Waals surface area contributed by atoms with Gasteiger partial charge in [-0.25, -0.2) is 4.79 Å². The molecule has 0 saturated carbocycles. The van der Waals surface area contributed by atoms with Crippen molar-refractivity contribution < 1.29 is 24.2 Å². The van der Waals surface area contributed by atoms with Crippen LogP contribution in [0.15, 0.2) is 46.7 Å². The van der Waals surface area contributed by atoms with Crippen LogP contribution in [0.25, 0.3) is 0 Å². The van der Waals surface area contributed by atoms with Gasteiger partial charge in [0.25, 0.3) is 0 Å². The number of ether oxygens (including phenoxy) is 2. The Bertz CT molecular complexity index is 645. The molecule has 0 aromatic heterocycles. The molecule has 0 bridgehead atoms. The second kappa shape index (κ2) is 10.3. The van der Waals surface area contributed by atoms with Gasteiger partial charge in [0.1, 0.15) is 11.3 Å². The van der Waals surface area contributed by atoms with Crippen LogP contribution in [0.1, 0.15) is 33.3 Å². The van der Waals surface area contributed by atoms with Gasteiger partial charge in [0, 0.05) is 0 Å². The minimum Gasteiger partial charge on any atom is -0.512 e. The highest BCUT2D eigenvalue weighted by atomic mass is 16.5. The zero-order valence-electron chi connectivity index (χ0n) is 15.1. The first-order chi connectivity index (χ1) is 11.9. The molecule has 0 fully saturated rings. The fourth-order valence-corrected chi connectivity index (χ4v) is 2.21. The van der Waals surface area contributed by atoms with Gasteiger partial charge in [-0.1, -0.05) is 30.3 Å². The van der Waals surface area contributed by atoms with Crippen molar-refractivity contribution in [2.75, 3.05) is 13.2 Å². The number of benzene rings is 1. The standard InChI is InChI=1S/C19H25NO5/c1-5-24-18(22)13(3)17(16(14(4)21)19(23)25-6-2)20-12-15-10-8-7-9-11-15/h7-11,13,21H,5-6,12H2,1-4H3. The molecule has 0 aliphatic rings. The molecule has 0 aliphatic heterocycles. The van der Waals surface area contributed by atoms with Crippen molar-refractivity contribution in [3.8, 4) is 0 Å². The maximum Gasteiger partial charge on any atom is 0.343 e. The zero-order chi connectivity index (χ0) is 18.8. The van der Waals surface area contributed by atoms with Crippen LogP contribution in [-0.4, -0.2) is 36.0 Å². The number of hydrogen-bond acceptors (Lipinski definition) is 6. The number of hydrogen-bond donors (Lipinski definition) is 1. The van der Waals surface area contributed by atoms with Gasteiger partial charge in [-0.05, 0) is 33.3 Å². The quantitative estimate of drug-likeness (QED) is 0.338. The fraction of sp³-hybridized carbons (Fsp3) is 0.421. The normalized spacial score (nSPS) is 13.7. The van der Waals surface area contributed by atoms with Crippen molar-refractivity contribution in [1.29, 1.82) is 0 Å². The molecule has 0 radical (unpaired) electrons. The Morgan fingerprint density at radius 3 is 2.24 bits per heavy atom. The molecule has 0 spiro atoms. The van der Waals surface area contributed by atoms with E-state index in [1.54, 1.807) is 20.8 Å². The van der Waals surface area contributed by atoms with Gasteiger partial charge in [-0.2, -0.15) is 0 Å². The summed E-state index contributed by atoms with van der Waals surface area (Å²) in [6, 6.07) is 9.40. The van der Waals surface area contributed by atoms with Crippen LogP contribution in [0.5, 0.6) is 0 Å². The minimum absolute atomic E-state index is 0.0988. The Labute approximate surface area is 148 Å². The van der Waals surface area contributed by atoms with E-state index < -0.39 is 17.9 Å². The smallest absolute Gasteiger partial charge is 0.343 e. The van der Waals surface area contributed by atoms with Gasteiger partial charge in [-0.15, -0.1) is 0 Å². The number of aliphatic hydroxyl groups is 1. The summed E-state index contributed by atoms with van der Waals surface area (Å²) < 4.78 is 10.0. The van der Waals surface area contributed by atoms with E-state index in [0.717, 1.165) is 5.56 Å². The lowest BCUT2D eigenvalue weighted by molar-refractivity contribution is -0.145. The molecule has 0 aliphatic carbocycles. The number of aliphatic hydroxyl groups excluding tert-OH is 1. The van der Waals surface area contributed by atoms with Crippen molar-refractivity contribution in [3.05, 3.63) is 47.2 Å². The third kappa shape index (κ3) is 6.06. The molecule has 1 aromatic rings. The van der Waals surface area contributed by atoms with Crippen molar-refractivity contribution in [2.45, 2.75) is 34.2 Å². The van der Waals surface area contributed by atoms with Crippen molar-refractivity contribution in [1.82, 2.24) is 0 Å². The maximum atomic E-state index is 12.2. The summed E-state index contributed by atoms with van der Waals surface area (Å²) in [5.74, 6) is -2.30. The van der Waals surface area contributed by atoms with E-state index in [1.807, 2.05) is 30.3 Å². The van der Waals surface area contributed by atoms with Gasteiger partial charge < -0.3 is 14.6 Å². The third-order valence-corrected chi connectivity index (χ3v) is 3.42. The Morgan fingerprint density at radius 1 is 1.12 bits per heavy atom. The lowest BCUT2D eigenvalue weighted by atomic mass is 9.97. The second-order valence-corrected chi connectivity index (χ2v) is 5.34. The lowest BCUT2D eigenvalue weighted by Gasteiger charge is -2.17. The van der Waals surface area contributed by atoms with Gasteiger partial charge >= 0.3 is 11.9 Å². The predicted molar refractivity (Wildman–Crippen MR) is 95.3 cm³/mol. The zero-order valence-corrected chi connectivity index (χ0v) is 15.1. The SMILES string of the molecule is CCOC(=O)C(C(=NCc1ccccc1)C(C)C(=O)OCC)=C(C)O. The van der Waals surface area contributed by atoms with E-state index in [-0.39, 0.29) is 36.8 Å². The third-order valence-electron chi connectivity index (χ3n) is 3.42. The monoisotopic (exact) mass is 347 g/mol. The molecule has 1 unspecified atom stereocenters. The molecule has 6 heteroatoms. The van der Waals surface area contributed by atoms with Gasteiger partial charge in [0.2, 0.25) is 0 Å². The second-order valence-electron chi connectivity index (χ2n) is 5.34. The van der Waals surface area contributed by atoms with E-state index in [9.17, 15) is 14.7 Å². The number of aliphatic imine (C=N–C) groups is 1. The number of nitrogens with zero attached hydrogens (tertiary/aromatic N) is 1. The first-order valence-corrected chi connectivity index (χ1v) is 8.24. The summed E-state index contributed by atoms with van der Waals surface area (Å²) in [7, 11) is 0. The van der Waals surface area contributed by atoms with E-state index in [4.69, 9.17) is 9.47 Å². The Morgan fingerprint density at radius 2 is 1.72 bits per heavy atom. The summed E-state index contributed by atoms with van der Waals surface area (Å²) in [6.45, 7) is 6.94. The Hall–Kier alpha value is -2.63. The molecular formula is C19H25NO5. The molecule has 1 aromatic carbocycles. The average molecular weight is 347 g/mol. The largest absolute Gasteiger partial charge is 0.512 e. The molecule has 0 saturated heterocycles. The van der Waals surface area contributed by atoms with Crippen molar-refractivity contribution in [3.63, 3.8) is 0 Å². The lowest BCUT2D eigenvalue weighted by Crippen LogP contribution is -2.29. The van der Waals surface area contributed by atoms with Crippen LogP contribution in [-0.2, 0) is 25.6 Å². The topological polar surface area (TPSA) is 85.2 Å². The Kier molecular flexibility index (Phi) is 8.39. The number of esters is 2. The van der Waals surface area contributed by atoms with Crippen LogP contribution in [0.4, 0.5) is 0 Å². The number of carbonyl (C=O) groups is 2. The van der Waals surface area contributed by atoms with Gasteiger partial charge in [0.05, 0.1) is 31.4 Å². The molecule has 0 amide bonds. The predicted octanol–water partition coefficient (Wildman–Crippen LogP) is 3.22. The summed E-state index contributed by atoms with van der Waals surface area (Å²) in [6.07, 6.45) is 0. The van der Waals surface area contributed by atoms with Gasteiger partial charge in [0.15, 0.2) is 0 Å². The molecule has 136 valence electrons. The van der Waals surface area contributed by atoms with Crippen LogP contribution in [0, 0.1) is 5.92 Å². The van der Waals surface area contributed by atoms with Crippen LogP contribution < -0.4 is 0 Å². The highest BCUT2D eigenvalue weighted by Gasteiger charge is 2.30. The van der Waals surface area contributed by atoms with E-state index in [0.29, 0.717) is 0 Å². The van der Waals surface area contributed by atoms with E-state index >= 15 is 0 Å². The summed E-state index contributed by atoms with van der Waals surface area (Å²) in [4.78, 5) is 28.8. The van der Waals surface area contributed by atoms with Crippen LogP contribution in [0.2, 0.25) is 0 Å². The Balaban J connectivity index is 3.27. The first-order valence-electron chi connectivity index (χ1n) is 8.24. The van der Waals surface area contributed by atoms with Crippen LogP contribution in [0.3, 0.4) is 0 Å². The average Bonchev–Trinajstić information content (AvgIpc) is 2.58. The molecule has 0 heterocycles. The summed E-state index contributed by atoms with van der Waals surface area (Å²) in [5, 5.41) is 9.98. The number of allylic oxidation sites excluding steroid dienone is 1. The molecule has 1 atom stereocenters. The van der Waals surface area contributed by atoms with Gasteiger partial charge in [-0.3, -0.25) is 9.79 Å². The fourth-order valence-electron chi connectivity index (χ4n) is 2.21. The number of rotatable bonds is 8. The molecule has 1 N–H and O–H groups in total. The van der Waals surface area contributed by atoms with Crippen molar-refractivity contribution >= 4 is 17.7 Å². The summed E-state index contributed by atoms with van der Waals surface area (Å²) in [5.41, 5.74) is 0.967. The highest BCUT2D eigenvalue weighted by molar-refractivity contribution is 6.25. The molecule has 6 nitrogen and oxygen atoms in total. The maximum absolute atomic E-state index is 12.2. The van der Waals surface area contributed by atoms with Crippen LogP contribution >= 0.6 is 0 Å². The molecular weight excluding hydrogens is 322 g/mol. The van der Waals surface area contributed by atoms with Crippen molar-refractivity contribution in [2.24, 2.45) is 10.9 Å². The minimum atomic E-state index is -0.815. The van der Waals surface area contributed by atoms with E-state index in [1.165, 1.54) is 6.92 Å². The highest BCUT2D eigenvalue weighted by Crippen LogP contribution is 2.17. The number of carbonyl (C=O) groups excluding carboxylic acids is 2. The summed E-state index contributed by atoms with van der Waals surface area (Å²) >= 11 is 0. The van der Waals surface area contributed by atoms with E-state index in [2.05, 4.69) is 4.99 Å². The first kappa shape index (κ1) is 20.4. The molecule has 1 rings (SSSR count). The molecule has 25 heavy (non-hydrogen) atoms.